The molecule has 186 valence electrons. The van der Waals surface area contributed by atoms with Crippen molar-refractivity contribution in [2.45, 2.75) is 19.6 Å². The van der Waals surface area contributed by atoms with Crippen LogP contribution in [0.2, 0.25) is 0 Å². The average molecular weight is 498 g/mol. The van der Waals surface area contributed by atoms with Crippen LogP contribution in [-0.4, -0.2) is 34.9 Å². The van der Waals surface area contributed by atoms with Crippen molar-refractivity contribution >= 4 is 39.5 Å². The lowest BCUT2D eigenvalue weighted by molar-refractivity contribution is -0.123. The van der Waals surface area contributed by atoms with Crippen LogP contribution < -0.4 is 15.6 Å². The van der Waals surface area contributed by atoms with Gasteiger partial charge in [0.2, 0.25) is 0 Å². The predicted octanol–water partition coefficient (Wildman–Crippen LogP) is 4.38. The van der Waals surface area contributed by atoms with E-state index in [1.165, 1.54) is 30.8 Å². The van der Waals surface area contributed by atoms with E-state index >= 15 is 0 Å². The molecule has 0 saturated carbocycles. The summed E-state index contributed by atoms with van der Waals surface area (Å²) < 4.78 is 17.9. The molecule has 0 radical (unpaired) electrons. The van der Waals surface area contributed by atoms with Gasteiger partial charge in [0.1, 0.15) is 16.9 Å². The van der Waals surface area contributed by atoms with Crippen molar-refractivity contribution in [2.24, 2.45) is 0 Å². The third-order valence-corrected chi connectivity index (χ3v) is 5.86. The van der Waals surface area contributed by atoms with Gasteiger partial charge >= 0.3 is 5.97 Å². The van der Waals surface area contributed by atoms with Crippen LogP contribution in [0.25, 0.3) is 21.9 Å². The fourth-order valence-corrected chi connectivity index (χ4v) is 3.95. The van der Waals surface area contributed by atoms with Gasteiger partial charge < -0.3 is 19.2 Å². The Kier molecular flexibility index (Phi) is 6.42. The number of benzene rings is 3. The first kappa shape index (κ1) is 23.8. The topological polar surface area (TPSA) is 113 Å². The summed E-state index contributed by atoms with van der Waals surface area (Å²) >= 11 is 0. The molecule has 2 aromatic heterocycles. The molecule has 3 aromatic carbocycles. The van der Waals surface area contributed by atoms with Crippen LogP contribution >= 0.6 is 0 Å². The van der Waals surface area contributed by atoms with Gasteiger partial charge in [-0.15, -0.1) is 0 Å². The third-order valence-electron chi connectivity index (χ3n) is 5.86. The molecule has 5 rings (SSSR count). The van der Waals surface area contributed by atoms with Crippen LogP contribution in [0.3, 0.4) is 0 Å². The number of hydrogen-bond acceptors (Lipinski definition) is 7. The minimum atomic E-state index is -1.15. The van der Waals surface area contributed by atoms with Crippen LogP contribution in [0.4, 0.5) is 5.69 Å². The van der Waals surface area contributed by atoms with E-state index < -0.39 is 18.0 Å². The van der Waals surface area contributed by atoms with Gasteiger partial charge in [-0.3, -0.25) is 9.59 Å². The molecular formula is C28H23N3O6. The number of methoxy groups -OCH3 is 1. The van der Waals surface area contributed by atoms with E-state index in [9.17, 15) is 14.4 Å². The number of nitrogens with zero attached hydrogens (tertiary/aromatic N) is 2. The maximum Gasteiger partial charge on any atom is 0.359 e. The Hall–Kier alpha value is -4.92. The van der Waals surface area contributed by atoms with Gasteiger partial charge in [-0.2, -0.15) is 5.10 Å². The van der Waals surface area contributed by atoms with E-state index in [1.54, 1.807) is 12.1 Å². The number of fused-ring (bicyclic) bond motifs is 3. The van der Waals surface area contributed by atoms with Crippen LogP contribution in [0.5, 0.6) is 5.75 Å². The van der Waals surface area contributed by atoms with Gasteiger partial charge in [-0.25, -0.2) is 9.48 Å². The largest absolute Gasteiger partial charge is 0.495 e. The van der Waals surface area contributed by atoms with E-state index in [0.29, 0.717) is 22.6 Å². The maximum absolute atomic E-state index is 12.9. The number of aromatic nitrogens is 2. The average Bonchev–Trinajstić information content (AvgIpc) is 3.27. The Bertz CT molecular complexity index is 1670. The maximum atomic E-state index is 12.9. The number of amides is 1. The minimum absolute atomic E-state index is 0.0866. The van der Waals surface area contributed by atoms with Gasteiger partial charge in [0, 0.05) is 22.9 Å². The Morgan fingerprint density at radius 3 is 2.51 bits per heavy atom. The Balaban J connectivity index is 1.31. The van der Waals surface area contributed by atoms with Crippen LogP contribution in [0.15, 0.2) is 88.1 Å². The Morgan fingerprint density at radius 2 is 1.73 bits per heavy atom. The highest BCUT2D eigenvalue weighted by atomic mass is 16.5. The Labute approximate surface area is 211 Å². The number of rotatable bonds is 7. The zero-order valence-electron chi connectivity index (χ0n) is 20.1. The molecule has 9 heteroatoms. The molecule has 0 aliphatic carbocycles. The summed E-state index contributed by atoms with van der Waals surface area (Å²) in [6.07, 6.45) is -1.15. The summed E-state index contributed by atoms with van der Waals surface area (Å²) in [4.78, 5) is 37.8. The normalized spacial score (nSPS) is 11.8. The standard InChI is InChI=1S/C28H23N3O6/c1-17(36-28(34)21-12-13-26(32)31(30-21)16-18-8-4-3-5-9-18)27(33)29-22-15-24-20(14-25(22)35-2)19-10-6-7-11-23(19)37-24/h3-15,17H,16H2,1-2H3,(H,29,33)/t17-/m0/s1. The number of anilines is 1. The molecule has 2 heterocycles. The summed E-state index contributed by atoms with van der Waals surface area (Å²) in [6, 6.07) is 22.8. The van der Waals surface area contributed by atoms with E-state index in [0.717, 1.165) is 16.3 Å². The van der Waals surface area contributed by atoms with Crippen molar-refractivity contribution in [3.63, 3.8) is 0 Å². The molecule has 0 fully saturated rings. The second-order valence-electron chi connectivity index (χ2n) is 8.38. The fraction of sp³-hybridized carbons (Fsp3) is 0.143. The summed E-state index contributed by atoms with van der Waals surface area (Å²) in [5.74, 6) is -0.968. The number of para-hydroxylation sites is 1. The lowest BCUT2D eigenvalue weighted by Crippen LogP contribution is -2.31. The molecule has 1 N–H and O–H groups in total. The van der Waals surface area contributed by atoms with Crippen LogP contribution in [-0.2, 0) is 16.1 Å². The number of esters is 1. The molecular weight excluding hydrogens is 474 g/mol. The van der Waals surface area contributed by atoms with Crippen molar-refractivity contribution < 1.29 is 23.5 Å². The quantitative estimate of drug-likeness (QED) is 0.332. The van der Waals surface area contributed by atoms with Gasteiger partial charge in [0.05, 0.1) is 19.3 Å². The van der Waals surface area contributed by atoms with E-state index in [-0.39, 0.29) is 17.8 Å². The summed E-state index contributed by atoms with van der Waals surface area (Å²) in [6.45, 7) is 1.64. The smallest absolute Gasteiger partial charge is 0.359 e. The first-order chi connectivity index (χ1) is 17.9. The molecule has 9 nitrogen and oxygen atoms in total. The minimum Gasteiger partial charge on any atom is -0.495 e. The molecule has 37 heavy (non-hydrogen) atoms. The lowest BCUT2D eigenvalue weighted by atomic mass is 10.1. The number of ether oxygens (including phenoxy) is 2. The molecule has 1 atom stereocenters. The molecule has 5 aromatic rings. The first-order valence-electron chi connectivity index (χ1n) is 11.6. The first-order valence-corrected chi connectivity index (χ1v) is 11.6. The van der Waals surface area contributed by atoms with Crippen molar-refractivity contribution in [3.05, 3.63) is 100 Å². The third kappa shape index (κ3) is 4.92. The highest BCUT2D eigenvalue weighted by Crippen LogP contribution is 2.36. The van der Waals surface area contributed by atoms with Crippen molar-refractivity contribution in [2.75, 3.05) is 12.4 Å². The molecule has 0 saturated heterocycles. The summed E-state index contributed by atoms with van der Waals surface area (Å²) in [7, 11) is 1.50. The molecule has 0 spiro atoms. The van der Waals surface area contributed by atoms with Gasteiger partial charge in [0.15, 0.2) is 11.8 Å². The van der Waals surface area contributed by atoms with Crippen LogP contribution in [0.1, 0.15) is 23.0 Å². The number of furan rings is 1. The Morgan fingerprint density at radius 1 is 0.973 bits per heavy atom. The summed E-state index contributed by atoms with van der Waals surface area (Å²) in [5, 5.41) is 8.62. The fourth-order valence-electron chi connectivity index (χ4n) is 3.95. The van der Waals surface area contributed by atoms with Crippen molar-refractivity contribution in [1.82, 2.24) is 9.78 Å². The van der Waals surface area contributed by atoms with Crippen molar-refractivity contribution in [1.29, 1.82) is 0 Å². The number of carbonyl (C=O) groups is 2. The second kappa shape index (κ2) is 9.98. The van der Waals surface area contributed by atoms with E-state index in [4.69, 9.17) is 13.9 Å². The molecule has 0 bridgehead atoms. The van der Waals surface area contributed by atoms with E-state index in [1.807, 2.05) is 54.6 Å². The van der Waals surface area contributed by atoms with Crippen LogP contribution in [0, 0.1) is 0 Å². The number of nitrogens with one attached hydrogen (secondary N) is 1. The zero-order chi connectivity index (χ0) is 25.9. The molecule has 0 aliphatic heterocycles. The number of hydrogen-bond donors (Lipinski definition) is 1. The molecule has 0 aliphatic rings. The highest BCUT2D eigenvalue weighted by molar-refractivity contribution is 6.08. The van der Waals surface area contributed by atoms with Gasteiger partial charge in [-0.05, 0) is 30.7 Å². The van der Waals surface area contributed by atoms with E-state index in [2.05, 4.69) is 10.4 Å². The lowest BCUT2D eigenvalue weighted by Gasteiger charge is -2.15. The SMILES string of the molecule is COc1cc2c(cc1NC(=O)[C@H](C)OC(=O)c1ccc(=O)n(Cc3ccccc3)n1)oc1ccccc12. The predicted molar refractivity (Wildman–Crippen MR) is 138 cm³/mol. The van der Waals surface area contributed by atoms with Crippen molar-refractivity contribution in [3.8, 4) is 5.75 Å². The monoisotopic (exact) mass is 497 g/mol. The number of carbonyl (C=O) groups excluding carboxylic acids is 2. The molecule has 1 amide bonds. The second-order valence-corrected chi connectivity index (χ2v) is 8.38. The van der Waals surface area contributed by atoms with Gasteiger partial charge in [0.25, 0.3) is 11.5 Å². The molecule has 0 unspecified atom stereocenters. The van der Waals surface area contributed by atoms with Gasteiger partial charge in [-0.1, -0.05) is 48.5 Å². The highest BCUT2D eigenvalue weighted by Gasteiger charge is 2.22. The summed E-state index contributed by atoms with van der Waals surface area (Å²) in [5.41, 5.74) is 2.07. The zero-order valence-corrected chi connectivity index (χ0v) is 20.1.